The molecule has 17 heavy (non-hydrogen) atoms. The molecular formula is C15H22N2. The van der Waals surface area contributed by atoms with Crippen LogP contribution in [0.2, 0.25) is 0 Å². The van der Waals surface area contributed by atoms with Gasteiger partial charge in [0.05, 0.1) is 6.07 Å². The van der Waals surface area contributed by atoms with Crippen LogP contribution >= 0.6 is 0 Å². The van der Waals surface area contributed by atoms with Crippen LogP contribution in [-0.4, -0.2) is 18.0 Å². The zero-order valence-electron chi connectivity index (χ0n) is 11.1. The van der Waals surface area contributed by atoms with Crippen molar-refractivity contribution in [3.05, 3.63) is 35.4 Å². The summed E-state index contributed by atoms with van der Waals surface area (Å²) < 4.78 is 0. The molecule has 0 aromatic heterocycles. The maximum absolute atomic E-state index is 8.68. The number of nitriles is 1. The van der Waals surface area contributed by atoms with Crippen LogP contribution in [0.3, 0.4) is 0 Å². The summed E-state index contributed by atoms with van der Waals surface area (Å²) in [6, 6.07) is 10.9. The zero-order valence-corrected chi connectivity index (χ0v) is 11.1. The first-order chi connectivity index (χ1) is 8.11. The first-order valence-corrected chi connectivity index (χ1v) is 6.26. The second-order valence-electron chi connectivity index (χ2n) is 5.02. The van der Waals surface area contributed by atoms with Crippen molar-refractivity contribution in [1.82, 2.24) is 4.90 Å². The Bertz CT molecular complexity index is 360. The Morgan fingerprint density at radius 3 is 2.41 bits per heavy atom. The molecular weight excluding hydrogens is 208 g/mol. The Kier molecular flexibility index (Phi) is 5.72. The van der Waals surface area contributed by atoms with Gasteiger partial charge in [0.2, 0.25) is 0 Å². The molecule has 2 heteroatoms. The lowest BCUT2D eigenvalue weighted by Gasteiger charge is -2.23. The Balaban J connectivity index is 2.58. The van der Waals surface area contributed by atoms with Gasteiger partial charge in [0.15, 0.2) is 0 Å². The van der Waals surface area contributed by atoms with Crippen LogP contribution in [0.15, 0.2) is 24.3 Å². The van der Waals surface area contributed by atoms with Crippen molar-refractivity contribution in [2.75, 3.05) is 13.1 Å². The maximum atomic E-state index is 8.68. The highest BCUT2D eigenvalue weighted by molar-refractivity contribution is 5.21. The van der Waals surface area contributed by atoms with Crippen molar-refractivity contribution in [2.45, 2.75) is 33.7 Å². The van der Waals surface area contributed by atoms with E-state index in [-0.39, 0.29) is 0 Å². The van der Waals surface area contributed by atoms with E-state index in [0.29, 0.717) is 12.3 Å². The Hall–Kier alpha value is -1.33. The zero-order chi connectivity index (χ0) is 12.7. The molecule has 0 spiro atoms. The lowest BCUT2D eigenvalue weighted by molar-refractivity contribution is 0.241. The fourth-order valence-electron chi connectivity index (χ4n) is 1.91. The highest BCUT2D eigenvalue weighted by Gasteiger charge is 2.07. The van der Waals surface area contributed by atoms with Gasteiger partial charge in [-0.1, -0.05) is 43.7 Å². The highest BCUT2D eigenvalue weighted by atomic mass is 15.1. The van der Waals surface area contributed by atoms with Crippen LogP contribution in [0, 0.1) is 24.2 Å². The van der Waals surface area contributed by atoms with Crippen LogP contribution in [-0.2, 0) is 6.54 Å². The van der Waals surface area contributed by atoms with Gasteiger partial charge in [-0.15, -0.1) is 0 Å². The summed E-state index contributed by atoms with van der Waals surface area (Å²) in [6.45, 7) is 9.40. The average Bonchev–Trinajstić information content (AvgIpc) is 2.28. The summed E-state index contributed by atoms with van der Waals surface area (Å²) in [4.78, 5) is 2.36. The minimum Gasteiger partial charge on any atom is -0.298 e. The van der Waals surface area contributed by atoms with Crippen LogP contribution in [0.25, 0.3) is 0 Å². The largest absolute Gasteiger partial charge is 0.298 e. The molecule has 2 nitrogen and oxygen atoms in total. The van der Waals surface area contributed by atoms with Gasteiger partial charge in [-0.25, -0.2) is 0 Å². The standard InChI is InChI=1S/C15H22N2/c1-13(2)11-17(10-4-9-16)12-15-7-5-14(3)6-8-15/h5-8,13H,4,10-12H2,1-3H3. The summed E-state index contributed by atoms with van der Waals surface area (Å²) in [7, 11) is 0. The predicted molar refractivity (Wildman–Crippen MR) is 71.5 cm³/mol. The molecule has 0 saturated carbocycles. The van der Waals surface area contributed by atoms with Crippen LogP contribution in [0.1, 0.15) is 31.4 Å². The summed E-state index contributed by atoms with van der Waals surface area (Å²) in [6.07, 6.45) is 0.610. The summed E-state index contributed by atoms with van der Waals surface area (Å²) in [5, 5.41) is 8.68. The Labute approximate surface area is 105 Å². The Morgan fingerprint density at radius 1 is 1.24 bits per heavy atom. The first-order valence-electron chi connectivity index (χ1n) is 6.26. The molecule has 0 heterocycles. The normalized spacial score (nSPS) is 10.8. The molecule has 0 aliphatic heterocycles. The Morgan fingerprint density at radius 2 is 1.88 bits per heavy atom. The van der Waals surface area contributed by atoms with Gasteiger partial charge >= 0.3 is 0 Å². The summed E-state index contributed by atoms with van der Waals surface area (Å²) in [5.74, 6) is 0.638. The smallest absolute Gasteiger partial charge is 0.0635 e. The summed E-state index contributed by atoms with van der Waals surface area (Å²) in [5.41, 5.74) is 2.62. The monoisotopic (exact) mass is 230 g/mol. The molecule has 0 fully saturated rings. The maximum Gasteiger partial charge on any atom is 0.0635 e. The van der Waals surface area contributed by atoms with E-state index >= 15 is 0 Å². The number of nitrogens with zero attached hydrogens (tertiary/aromatic N) is 2. The van der Waals surface area contributed by atoms with E-state index in [0.717, 1.165) is 19.6 Å². The van der Waals surface area contributed by atoms with E-state index in [1.165, 1.54) is 11.1 Å². The quantitative estimate of drug-likeness (QED) is 0.749. The van der Waals surface area contributed by atoms with E-state index in [4.69, 9.17) is 5.26 Å². The molecule has 0 amide bonds. The van der Waals surface area contributed by atoms with Crippen molar-refractivity contribution < 1.29 is 0 Å². The number of benzene rings is 1. The predicted octanol–water partition coefficient (Wildman–Crippen LogP) is 3.37. The van der Waals surface area contributed by atoms with Gasteiger partial charge in [0.25, 0.3) is 0 Å². The molecule has 0 saturated heterocycles. The molecule has 1 rings (SSSR count). The third-order valence-corrected chi connectivity index (χ3v) is 2.69. The second kappa shape index (κ2) is 7.09. The van der Waals surface area contributed by atoms with E-state index in [9.17, 15) is 0 Å². The number of aryl methyl sites for hydroxylation is 1. The van der Waals surface area contributed by atoms with Gasteiger partial charge in [-0.2, -0.15) is 5.26 Å². The van der Waals surface area contributed by atoms with E-state index in [2.05, 4.69) is 56.0 Å². The number of rotatable bonds is 6. The molecule has 1 aromatic rings. The molecule has 0 bridgehead atoms. The molecule has 92 valence electrons. The lowest BCUT2D eigenvalue weighted by Crippen LogP contribution is -2.28. The van der Waals surface area contributed by atoms with Gasteiger partial charge in [0, 0.05) is 26.1 Å². The van der Waals surface area contributed by atoms with Crippen molar-refractivity contribution in [3.8, 4) is 6.07 Å². The minimum absolute atomic E-state index is 0.610. The fraction of sp³-hybridized carbons (Fsp3) is 0.533. The highest BCUT2D eigenvalue weighted by Crippen LogP contribution is 2.09. The van der Waals surface area contributed by atoms with E-state index in [1.807, 2.05) is 0 Å². The molecule has 0 aliphatic rings. The summed E-state index contributed by atoms with van der Waals surface area (Å²) >= 11 is 0. The van der Waals surface area contributed by atoms with Crippen molar-refractivity contribution >= 4 is 0 Å². The lowest BCUT2D eigenvalue weighted by atomic mass is 10.1. The number of hydrogen-bond acceptors (Lipinski definition) is 2. The van der Waals surface area contributed by atoms with Crippen molar-refractivity contribution in [3.63, 3.8) is 0 Å². The first kappa shape index (κ1) is 13.7. The van der Waals surface area contributed by atoms with Gasteiger partial charge in [-0.3, -0.25) is 4.90 Å². The molecule has 0 N–H and O–H groups in total. The number of hydrogen-bond donors (Lipinski definition) is 0. The molecule has 1 aromatic carbocycles. The third kappa shape index (κ3) is 5.51. The van der Waals surface area contributed by atoms with Gasteiger partial charge in [0.1, 0.15) is 0 Å². The fourth-order valence-corrected chi connectivity index (χ4v) is 1.91. The van der Waals surface area contributed by atoms with E-state index in [1.54, 1.807) is 0 Å². The second-order valence-corrected chi connectivity index (χ2v) is 5.02. The molecule has 0 unspecified atom stereocenters. The van der Waals surface area contributed by atoms with Gasteiger partial charge in [-0.05, 0) is 18.4 Å². The molecule has 0 radical (unpaired) electrons. The van der Waals surface area contributed by atoms with Crippen LogP contribution < -0.4 is 0 Å². The molecule has 0 atom stereocenters. The van der Waals surface area contributed by atoms with Gasteiger partial charge < -0.3 is 0 Å². The third-order valence-electron chi connectivity index (χ3n) is 2.69. The van der Waals surface area contributed by atoms with Crippen LogP contribution in [0.4, 0.5) is 0 Å². The topological polar surface area (TPSA) is 27.0 Å². The van der Waals surface area contributed by atoms with Crippen molar-refractivity contribution in [2.24, 2.45) is 5.92 Å². The van der Waals surface area contributed by atoms with Crippen LogP contribution in [0.5, 0.6) is 0 Å². The minimum atomic E-state index is 0.610. The average molecular weight is 230 g/mol. The SMILES string of the molecule is Cc1ccc(CN(CCC#N)CC(C)C)cc1. The van der Waals surface area contributed by atoms with Crippen molar-refractivity contribution in [1.29, 1.82) is 5.26 Å². The molecule has 0 aliphatic carbocycles. The van der Waals surface area contributed by atoms with E-state index < -0.39 is 0 Å².